The molecule has 2 N–H and O–H groups in total. The van der Waals surface area contributed by atoms with Crippen LogP contribution in [0.4, 0.5) is 18.9 Å². The molecule has 0 saturated heterocycles. The molecule has 0 bridgehead atoms. The molecule has 0 atom stereocenters. The van der Waals surface area contributed by atoms with Crippen LogP contribution in [-0.2, 0) is 15.7 Å². The summed E-state index contributed by atoms with van der Waals surface area (Å²) in [7, 11) is 1.26. The molecule has 1 aromatic heterocycles. The standard InChI is InChI=1S/C20H18F3N3O4/c1-30-19(29)13-7-15(8-13)25-18(28)12-5-14(20(21,22)23)9-16(6-12)26-17(27)11-3-2-4-24-10-11/h2-6,9-10,13,15H,7-8H2,1H3,(H,25,28)(H,26,27). The fourth-order valence-corrected chi connectivity index (χ4v) is 3.06. The first-order valence-electron chi connectivity index (χ1n) is 8.99. The predicted molar refractivity (Wildman–Crippen MR) is 99.6 cm³/mol. The first-order chi connectivity index (χ1) is 14.2. The average Bonchev–Trinajstić information content (AvgIpc) is 2.69. The largest absolute Gasteiger partial charge is 0.469 e. The molecule has 1 heterocycles. The normalized spacial score (nSPS) is 18.1. The quantitative estimate of drug-likeness (QED) is 0.724. The summed E-state index contributed by atoms with van der Waals surface area (Å²) in [6, 6.07) is 5.25. The van der Waals surface area contributed by atoms with Gasteiger partial charge in [0.15, 0.2) is 0 Å². The van der Waals surface area contributed by atoms with Gasteiger partial charge in [0.2, 0.25) is 0 Å². The molecule has 2 aromatic rings. The fourth-order valence-electron chi connectivity index (χ4n) is 3.06. The molecule has 30 heavy (non-hydrogen) atoms. The molecule has 1 aliphatic rings. The number of amides is 2. The van der Waals surface area contributed by atoms with Crippen molar-refractivity contribution in [3.63, 3.8) is 0 Å². The molecule has 7 nitrogen and oxygen atoms in total. The summed E-state index contributed by atoms with van der Waals surface area (Å²) in [6.45, 7) is 0. The van der Waals surface area contributed by atoms with Crippen molar-refractivity contribution in [2.75, 3.05) is 12.4 Å². The van der Waals surface area contributed by atoms with E-state index in [1.54, 1.807) is 0 Å². The van der Waals surface area contributed by atoms with Crippen LogP contribution in [0.25, 0.3) is 0 Å². The van der Waals surface area contributed by atoms with Gasteiger partial charge in [0.05, 0.1) is 24.2 Å². The van der Waals surface area contributed by atoms with Gasteiger partial charge in [0.1, 0.15) is 0 Å². The Morgan fingerprint density at radius 2 is 1.83 bits per heavy atom. The first-order valence-corrected chi connectivity index (χ1v) is 8.99. The summed E-state index contributed by atoms with van der Waals surface area (Å²) >= 11 is 0. The number of carbonyl (C=O) groups is 3. The van der Waals surface area contributed by atoms with Crippen LogP contribution in [-0.4, -0.2) is 35.9 Å². The number of benzene rings is 1. The van der Waals surface area contributed by atoms with E-state index in [-0.39, 0.29) is 34.7 Å². The van der Waals surface area contributed by atoms with Gasteiger partial charge in [0.25, 0.3) is 11.8 Å². The Hall–Kier alpha value is -3.43. The molecule has 10 heteroatoms. The number of esters is 1. The molecular weight excluding hydrogens is 403 g/mol. The molecule has 1 saturated carbocycles. The van der Waals surface area contributed by atoms with Crippen LogP contribution in [0.2, 0.25) is 0 Å². The minimum absolute atomic E-state index is 0.157. The Balaban J connectivity index is 1.77. The molecule has 2 amide bonds. The van der Waals surface area contributed by atoms with Crippen LogP contribution < -0.4 is 10.6 Å². The highest BCUT2D eigenvalue weighted by molar-refractivity contribution is 6.05. The summed E-state index contributed by atoms with van der Waals surface area (Å²) in [4.78, 5) is 39.9. The van der Waals surface area contributed by atoms with Crippen molar-refractivity contribution in [1.82, 2.24) is 10.3 Å². The highest BCUT2D eigenvalue weighted by atomic mass is 19.4. The summed E-state index contributed by atoms with van der Waals surface area (Å²) in [5.74, 6) is -2.11. The van der Waals surface area contributed by atoms with Crippen LogP contribution in [0.3, 0.4) is 0 Å². The Bertz CT molecular complexity index is 958. The Morgan fingerprint density at radius 1 is 1.10 bits per heavy atom. The third-order valence-corrected chi connectivity index (χ3v) is 4.71. The maximum absolute atomic E-state index is 13.3. The topological polar surface area (TPSA) is 97.4 Å². The minimum Gasteiger partial charge on any atom is -0.469 e. The molecular formula is C20H18F3N3O4. The maximum atomic E-state index is 13.3. The molecule has 3 rings (SSSR count). The Labute approximate surface area is 169 Å². The lowest BCUT2D eigenvalue weighted by Gasteiger charge is -2.33. The van der Waals surface area contributed by atoms with Crippen LogP contribution >= 0.6 is 0 Å². The maximum Gasteiger partial charge on any atom is 0.416 e. The lowest BCUT2D eigenvalue weighted by molar-refractivity contribution is -0.149. The van der Waals surface area contributed by atoms with Gasteiger partial charge < -0.3 is 15.4 Å². The molecule has 0 spiro atoms. The zero-order valence-electron chi connectivity index (χ0n) is 15.8. The van der Waals surface area contributed by atoms with Crippen molar-refractivity contribution in [3.05, 3.63) is 59.4 Å². The van der Waals surface area contributed by atoms with Gasteiger partial charge in [-0.05, 0) is 43.2 Å². The van der Waals surface area contributed by atoms with E-state index >= 15 is 0 Å². The van der Waals surface area contributed by atoms with Crippen LogP contribution in [0.1, 0.15) is 39.1 Å². The number of aromatic nitrogens is 1. The van der Waals surface area contributed by atoms with E-state index in [0.29, 0.717) is 18.9 Å². The second kappa shape index (κ2) is 8.52. The zero-order valence-corrected chi connectivity index (χ0v) is 15.8. The minimum atomic E-state index is -4.71. The van der Waals surface area contributed by atoms with E-state index in [4.69, 9.17) is 0 Å². The number of hydrogen-bond donors (Lipinski definition) is 2. The lowest BCUT2D eigenvalue weighted by atomic mass is 9.80. The van der Waals surface area contributed by atoms with Gasteiger partial charge >= 0.3 is 12.1 Å². The molecule has 0 radical (unpaired) electrons. The molecule has 1 fully saturated rings. The van der Waals surface area contributed by atoms with Crippen molar-refractivity contribution in [2.24, 2.45) is 5.92 Å². The number of rotatable bonds is 5. The summed E-state index contributed by atoms with van der Waals surface area (Å²) in [6.07, 6.45) is -1.29. The number of nitrogens with one attached hydrogen (secondary N) is 2. The van der Waals surface area contributed by atoms with Crippen molar-refractivity contribution >= 4 is 23.5 Å². The van der Waals surface area contributed by atoms with Gasteiger partial charge in [-0.1, -0.05) is 0 Å². The van der Waals surface area contributed by atoms with Crippen LogP contribution in [0.15, 0.2) is 42.7 Å². The second-order valence-electron chi connectivity index (χ2n) is 6.85. The van der Waals surface area contributed by atoms with E-state index in [1.807, 2.05) is 0 Å². The van der Waals surface area contributed by atoms with Crippen LogP contribution in [0.5, 0.6) is 0 Å². The monoisotopic (exact) mass is 421 g/mol. The summed E-state index contributed by atoms with van der Waals surface area (Å²) in [5.41, 5.74) is -1.35. The van der Waals surface area contributed by atoms with Crippen molar-refractivity contribution in [2.45, 2.75) is 25.1 Å². The fraction of sp³-hybridized carbons (Fsp3) is 0.300. The van der Waals surface area contributed by atoms with Crippen LogP contribution in [0, 0.1) is 5.92 Å². The van der Waals surface area contributed by atoms with Crippen molar-refractivity contribution in [3.8, 4) is 0 Å². The smallest absolute Gasteiger partial charge is 0.416 e. The number of pyridine rings is 1. The lowest BCUT2D eigenvalue weighted by Crippen LogP contribution is -2.47. The van der Waals surface area contributed by atoms with E-state index < -0.39 is 23.6 Å². The third kappa shape index (κ3) is 4.94. The van der Waals surface area contributed by atoms with Gasteiger partial charge in [-0.3, -0.25) is 19.4 Å². The SMILES string of the molecule is COC(=O)C1CC(NC(=O)c2cc(NC(=O)c3cccnc3)cc(C(F)(F)F)c2)C1. The van der Waals surface area contributed by atoms with E-state index in [9.17, 15) is 27.6 Å². The van der Waals surface area contributed by atoms with Gasteiger partial charge in [-0.15, -0.1) is 0 Å². The van der Waals surface area contributed by atoms with E-state index in [0.717, 1.165) is 12.1 Å². The van der Waals surface area contributed by atoms with E-state index in [2.05, 4.69) is 20.4 Å². The van der Waals surface area contributed by atoms with E-state index in [1.165, 1.54) is 31.6 Å². The third-order valence-electron chi connectivity index (χ3n) is 4.71. The predicted octanol–water partition coefficient (Wildman–Crippen LogP) is 3.03. The second-order valence-corrected chi connectivity index (χ2v) is 6.85. The first kappa shape index (κ1) is 21.3. The number of halogens is 3. The number of nitrogens with zero attached hydrogens (tertiary/aromatic N) is 1. The summed E-state index contributed by atoms with van der Waals surface area (Å²) < 4.78 is 44.5. The highest BCUT2D eigenvalue weighted by Gasteiger charge is 2.37. The van der Waals surface area contributed by atoms with Crippen molar-refractivity contribution < 1.29 is 32.3 Å². The molecule has 0 aliphatic heterocycles. The number of methoxy groups -OCH3 is 1. The van der Waals surface area contributed by atoms with Gasteiger partial charge in [-0.2, -0.15) is 13.2 Å². The number of hydrogen-bond acceptors (Lipinski definition) is 5. The Kier molecular flexibility index (Phi) is 6.04. The van der Waals surface area contributed by atoms with Gasteiger partial charge in [-0.25, -0.2) is 0 Å². The average molecular weight is 421 g/mol. The number of alkyl halides is 3. The Morgan fingerprint density at radius 3 is 2.43 bits per heavy atom. The number of ether oxygens (including phenoxy) is 1. The number of anilines is 1. The summed E-state index contributed by atoms with van der Waals surface area (Å²) in [5, 5.41) is 4.95. The van der Waals surface area contributed by atoms with Crippen molar-refractivity contribution in [1.29, 1.82) is 0 Å². The number of carbonyl (C=O) groups excluding carboxylic acids is 3. The highest BCUT2D eigenvalue weighted by Crippen LogP contribution is 2.33. The molecule has 0 unspecified atom stereocenters. The molecule has 1 aliphatic carbocycles. The molecule has 1 aromatic carbocycles. The zero-order chi connectivity index (χ0) is 21.9. The molecule has 158 valence electrons. The van der Waals surface area contributed by atoms with Gasteiger partial charge in [0, 0.05) is 29.7 Å².